The molecule has 0 aromatic rings. The maximum Gasteiger partial charge on any atom is 0.329 e. The van der Waals surface area contributed by atoms with E-state index < -0.39 is 17.5 Å². The molecular formula is C11H21N3O3. The number of carbonyl (C=O) groups is 2. The molecule has 17 heavy (non-hydrogen) atoms. The smallest absolute Gasteiger partial charge is 0.329 e. The van der Waals surface area contributed by atoms with Gasteiger partial charge in [-0.3, -0.25) is 0 Å². The summed E-state index contributed by atoms with van der Waals surface area (Å²) in [5, 5.41) is 17.3. The molecule has 1 aliphatic carbocycles. The highest BCUT2D eigenvalue weighted by Crippen LogP contribution is 2.39. The fraction of sp³-hybridized carbons (Fsp3) is 0.818. The molecule has 4 N–H and O–H groups in total. The zero-order chi connectivity index (χ0) is 12.9. The summed E-state index contributed by atoms with van der Waals surface area (Å²) in [7, 11) is 1.84. The SMILES string of the molecule is CNCCCNC(=O)NC(C)(C(=O)O)C1CC1. The van der Waals surface area contributed by atoms with Gasteiger partial charge in [-0.05, 0) is 45.7 Å². The van der Waals surface area contributed by atoms with Gasteiger partial charge in [0.15, 0.2) is 0 Å². The van der Waals surface area contributed by atoms with Crippen molar-refractivity contribution in [1.82, 2.24) is 16.0 Å². The standard InChI is InChI=1S/C11H21N3O3/c1-11(9(15)16,8-4-5-8)14-10(17)13-7-3-6-12-2/h8,12H,3-7H2,1-2H3,(H,15,16)(H2,13,14,17). The van der Waals surface area contributed by atoms with Crippen LogP contribution in [0.1, 0.15) is 26.2 Å². The van der Waals surface area contributed by atoms with Gasteiger partial charge >= 0.3 is 12.0 Å². The van der Waals surface area contributed by atoms with Crippen LogP contribution in [-0.4, -0.2) is 42.8 Å². The Balaban J connectivity index is 2.35. The average Bonchev–Trinajstić information content (AvgIpc) is 3.07. The number of nitrogens with one attached hydrogen (secondary N) is 3. The first-order chi connectivity index (χ1) is 8.00. The average molecular weight is 243 g/mol. The third-order valence-corrected chi connectivity index (χ3v) is 3.10. The molecule has 0 bridgehead atoms. The van der Waals surface area contributed by atoms with E-state index in [1.807, 2.05) is 7.05 Å². The van der Waals surface area contributed by atoms with Crippen molar-refractivity contribution in [2.45, 2.75) is 31.7 Å². The Labute approximate surface area is 101 Å². The minimum absolute atomic E-state index is 0.0584. The van der Waals surface area contributed by atoms with Gasteiger partial charge in [-0.15, -0.1) is 0 Å². The first-order valence-corrected chi connectivity index (χ1v) is 5.94. The molecule has 6 heteroatoms. The number of carboxylic acids is 1. The van der Waals surface area contributed by atoms with E-state index in [4.69, 9.17) is 5.11 Å². The molecule has 6 nitrogen and oxygen atoms in total. The summed E-state index contributed by atoms with van der Waals surface area (Å²) in [6.07, 6.45) is 2.54. The summed E-state index contributed by atoms with van der Waals surface area (Å²) in [6.45, 7) is 2.92. The molecule has 98 valence electrons. The van der Waals surface area contributed by atoms with Gasteiger partial charge in [-0.25, -0.2) is 9.59 Å². The van der Waals surface area contributed by atoms with Crippen LogP contribution in [0.4, 0.5) is 4.79 Å². The lowest BCUT2D eigenvalue weighted by Gasteiger charge is -2.26. The lowest BCUT2D eigenvalue weighted by molar-refractivity contribution is -0.144. The van der Waals surface area contributed by atoms with Crippen molar-refractivity contribution in [3.63, 3.8) is 0 Å². The van der Waals surface area contributed by atoms with Crippen LogP contribution in [0.5, 0.6) is 0 Å². The predicted octanol–water partition coefficient (Wildman–Crippen LogP) is 0.148. The van der Waals surface area contributed by atoms with Crippen LogP contribution in [0.2, 0.25) is 0 Å². The Morgan fingerprint density at radius 1 is 1.35 bits per heavy atom. The van der Waals surface area contributed by atoms with Crippen LogP contribution in [-0.2, 0) is 4.79 Å². The molecule has 1 unspecified atom stereocenters. The minimum atomic E-state index is -1.13. The molecule has 0 heterocycles. The van der Waals surface area contributed by atoms with Crippen molar-refractivity contribution in [3.05, 3.63) is 0 Å². The van der Waals surface area contributed by atoms with Crippen LogP contribution in [0.15, 0.2) is 0 Å². The second kappa shape index (κ2) is 5.86. The summed E-state index contributed by atoms with van der Waals surface area (Å²) >= 11 is 0. The Hall–Kier alpha value is -1.30. The first-order valence-electron chi connectivity index (χ1n) is 5.94. The van der Waals surface area contributed by atoms with Crippen LogP contribution in [0, 0.1) is 5.92 Å². The van der Waals surface area contributed by atoms with Gasteiger partial charge in [0.25, 0.3) is 0 Å². The number of urea groups is 1. The molecule has 0 aliphatic heterocycles. The lowest BCUT2D eigenvalue weighted by Crippen LogP contribution is -2.56. The van der Waals surface area contributed by atoms with Gasteiger partial charge in [0, 0.05) is 6.54 Å². The van der Waals surface area contributed by atoms with Gasteiger partial charge in [0.1, 0.15) is 5.54 Å². The Bertz CT molecular complexity index is 292. The Morgan fingerprint density at radius 3 is 2.47 bits per heavy atom. The van der Waals surface area contributed by atoms with E-state index in [9.17, 15) is 9.59 Å². The molecule has 0 spiro atoms. The van der Waals surface area contributed by atoms with Gasteiger partial charge in [0.05, 0.1) is 0 Å². The molecule has 1 aliphatic rings. The monoisotopic (exact) mass is 243 g/mol. The number of carbonyl (C=O) groups excluding carboxylic acids is 1. The number of rotatable bonds is 7. The van der Waals surface area contributed by atoms with E-state index >= 15 is 0 Å². The quantitative estimate of drug-likeness (QED) is 0.479. The van der Waals surface area contributed by atoms with Gasteiger partial charge in [0.2, 0.25) is 0 Å². The molecule has 1 atom stereocenters. The van der Waals surface area contributed by atoms with E-state index in [-0.39, 0.29) is 5.92 Å². The van der Waals surface area contributed by atoms with Crippen molar-refractivity contribution in [2.75, 3.05) is 20.1 Å². The highest BCUT2D eigenvalue weighted by atomic mass is 16.4. The van der Waals surface area contributed by atoms with E-state index in [1.165, 1.54) is 0 Å². The van der Waals surface area contributed by atoms with Crippen molar-refractivity contribution >= 4 is 12.0 Å². The summed E-state index contributed by atoms with van der Waals surface area (Å²) in [4.78, 5) is 22.7. The van der Waals surface area contributed by atoms with E-state index in [2.05, 4.69) is 16.0 Å². The number of carboxylic acid groups (broad SMARTS) is 1. The lowest BCUT2D eigenvalue weighted by atomic mass is 9.96. The topological polar surface area (TPSA) is 90.5 Å². The summed E-state index contributed by atoms with van der Waals surface area (Å²) in [5.74, 6) is -0.909. The number of hydrogen-bond donors (Lipinski definition) is 4. The van der Waals surface area contributed by atoms with E-state index in [0.717, 1.165) is 25.8 Å². The van der Waals surface area contributed by atoms with Gasteiger partial charge in [-0.1, -0.05) is 0 Å². The number of aliphatic carboxylic acids is 1. The van der Waals surface area contributed by atoms with Crippen molar-refractivity contribution in [2.24, 2.45) is 5.92 Å². The van der Waals surface area contributed by atoms with E-state index in [1.54, 1.807) is 6.92 Å². The van der Waals surface area contributed by atoms with Crippen LogP contribution in [0.25, 0.3) is 0 Å². The molecule has 1 saturated carbocycles. The maximum absolute atomic E-state index is 11.6. The molecule has 0 saturated heterocycles. The molecular weight excluding hydrogens is 222 g/mol. The molecule has 2 amide bonds. The maximum atomic E-state index is 11.6. The minimum Gasteiger partial charge on any atom is -0.480 e. The predicted molar refractivity (Wildman–Crippen MR) is 63.8 cm³/mol. The highest BCUT2D eigenvalue weighted by molar-refractivity contribution is 5.86. The van der Waals surface area contributed by atoms with Crippen molar-refractivity contribution in [1.29, 1.82) is 0 Å². The number of amides is 2. The van der Waals surface area contributed by atoms with E-state index in [0.29, 0.717) is 6.54 Å². The highest BCUT2D eigenvalue weighted by Gasteiger charge is 2.48. The third-order valence-electron chi connectivity index (χ3n) is 3.10. The zero-order valence-electron chi connectivity index (χ0n) is 10.4. The van der Waals surface area contributed by atoms with Crippen molar-refractivity contribution < 1.29 is 14.7 Å². The van der Waals surface area contributed by atoms with Gasteiger partial charge in [-0.2, -0.15) is 0 Å². The Kier molecular flexibility index (Phi) is 4.74. The van der Waals surface area contributed by atoms with Gasteiger partial charge < -0.3 is 21.1 Å². The second-order valence-electron chi connectivity index (χ2n) is 4.62. The van der Waals surface area contributed by atoms with Crippen molar-refractivity contribution in [3.8, 4) is 0 Å². The summed E-state index contributed by atoms with van der Waals surface area (Å²) in [5.41, 5.74) is -1.13. The van der Waals surface area contributed by atoms with Crippen LogP contribution < -0.4 is 16.0 Å². The normalized spacial score (nSPS) is 18.2. The molecule has 0 radical (unpaired) electrons. The third kappa shape index (κ3) is 3.89. The fourth-order valence-electron chi connectivity index (χ4n) is 1.74. The molecule has 0 aromatic heterocycles. The summed E-state index contributed by atoms with van der Waals surface area (Å²) < 4.78 is 0. The largest absolute Gasteiger partial charge is 0.480 e. The summed E-state index contributed by atoms with van der Waals surface area (Å²) in [6, 6.07) is -0.405. The fourth-order valence-corrected chi connectivity index (χ4v) is 1.74. The first kappa shape index (κ1) is 13.8. The second-order valence-corrected chi connectivity index (χ2v) is 4.62. The van der Waals surface area contributed by atoms with Crippen LogP contribution >= 0.6 is 0 Å². The Morgan fingerprint density at radius 2 is 2.00 bits per heavy atom. The molecule has 1 rings (SSSR count). The zero-order valence-corrected chi connectivity index (χ0v) is 10.4. The molecule has 1 fully saturated rings. The number of hydrogen-bond acceptors (Lipinski definition) is 3. The molecule has 0 aromatic carbocycles. The van der Waals surface area contributed by atoms with Crippen LogP contribution in [0.3, 0.4) is 0 Å².